The molecule has 0 atom stereocenters. The predicted molar refractivity (Wildman–Crippen MR) is 173 cm³/mol. The lowest BCUT2D eigenvalue weighted by Gasteiger charge is -2.33. The summed E-state index contributed by atoms with van der Waals surface area (Å²) in [5.41, 5.74) is -0.510. The first-order valence-electron chi connectivity index (χ1n) is 16.4. The number of carbonyl (C=O) groups excluding carboxylic acids is 3. The summed E-state index contributed by atoms with van der Waals surface area (Å²) in [5.74, 6) is -1.47. The molecular formula is C36H57NO6. The fourth-order valence-corrected chi connectivity index (χ4v) is 4.78. The van der Waals surface area contributed by atoms with Crippen LogP contribution in [0.1, 0.15) is 159 Å². The van der Waals surface area contributed by atoms with Crippen molar-refractivity contribution >= 4 is 17.9 Å². The van der Waals surface area contributed by atoms with Crippen LogP contribution in [0.25, 0.3) is 0 Å². The van der Waals surface area contributed by atoms with Crippen molar-refractivity contribution in [1.29, 1.82) is 5.26 Å². The SMILES string of the molecule is C=C(C#N)C(=O)OCCCC.CCCCCC(CC)(CC)OC(=O)c1ccccc1C(=O)OC(CC)(CC)CCCCC. The van der Waals surface area contributed by atoms with Gasteiger partial charge in [0.1, 0.15) is 22.8 Å². The topological polar surface area (TPSA) is 103 Å². The van der Waals surface area contributed by atoms with Crippen LogP contribution in [-0.4, -0.2) is 35.7 Å². The van der Waals surface area contributed by atoms with Crippen LogP contribution in [0.2, 0.25) is 0 Å². The number of esters is 3. The number of nitriles is 1. The Morgan fingerprint density at radius 2 is 1.09 bits per heavy atom. The van der Waals surface area contributed by atoms with Crippen LogP contribution in [0.3, 0.4) is 0 Å². The van der Waals surface area contributed by atoms with E-state index in [9.17, 15) is 14.4 Å². The summed E-state index contributed by atoms with van der Waals surface area (Å²) < 4.78 is 16.8. The smallest absolute Gasteiger partial charge is 0.348 e. The third-order valence-electron chi connectivity index (χ3n) is 8.15. The van der Waals surface area contributed by atoms with Gasteiger partial charge in [0, 0.05) is 0 Å². The first-order chi connectivity index (χ1) is 20.6. The van der Waals surface area contributed by atoms with E-state index in [-0.39, 0.29) is 5.57 Å². The van der Waals surface area contributed by atoms with Crippen molar-refractivity contribution in [3.8, 4) is 6.07 Å². The molecule has 7 heteroatoms. The van der Waals surface area contributed by atoms with Gasteiger partial charge in [-0.15, -0.1) is 0 Å². The molecule has 0 saturated carbocycles. The number of benzene rings is 1. The molecule has 0 spiro atoms. The largest absolute Gasteiger partial charge is 0.462 e. The van der Waals surface area contributed by atoms with Gasteiger partial charge in [0.2, 0.25) is 0 Å². The average molecular weight is 600 g/mol. The Labute approximate surface area is 261 Å². The van der Waals surface area contributed by atoms with Gasteiger partial charge in [-0.2, -0.15) is 5.26 Å². The summed E-state index contributed by atoms with van der Waals surface area (Å²) >= 11 is 0. The van der Waals surface area contributed by atoms with Gasteiger partial charge in [-0.05, 0) is 69.9 Å². The zero-order chi connectivity index (χ0) is 32.7. The molecule has 0 N–H and O–H groups in total. The van der Waals surface area contributed by atoms with E-state index in [0.29, 0.717) is 17.7 Å². The minimum Gasteiger partial charge on any atom is -0.462 e. The lowest BCUT2D eigenvalue weighted by atomic mass is 9.90. The third kappa shape index (κ3) is 14.3. The molecule has 0 radical (unpaired) electrons. The molecule has 0 unspecified atom stereocenters. The Kier molecular flexibility index (Phi) is 20.8. The Hall–Kier alpha value is -3.14. The highest BCUT2D eigenvalue weighted by Gasteiger charge is 2.34. The van der Waals surface area contributed by atoms with Gasteiger partial charge in [-0.25, -0.2) is 14.4 Å². The van der Waals surface area contributed by atoms with Gasteiger partial charge in [-0.3, -0.25) is 0 Å². The molecule has 1 aromatic rings. The average Bonchev–Trinajstić information content (AvgIpc) is 3.03. The van der Waals surface area contributed by atoms with Crippen LogP contribution in [0.15, 0.2) is 36.4 Å². The summed E-state index contributed by atoms with van der Waals surface area (Å²) in [5, 5.41) is 8.21. The molecule has 1 rings (SSSR count). The number of rotatable bonds is 20. The fourth-order valence-electron chi connectivity index (χ4n) is 4.78. The summed E-state index contributed by atoms with van der Waals surface area (Å²) in [7, 11) is 0. The van der Waals surface area contributed by atoms with Crippen molar-refractivity contribution in [2.24, 2.45) is 0 Å². The molecule has 7 nitrogen and oxygen atoms in total. The summed E-state index contributed by atoms with van der Waals surface area (Å²) in [6, 6.07) is 8.53. The highest BCUT2D eigenvalue weighted by Crippen LogP contribution is 2.31. The Balaban J connectivity index is 0.00000135. The fraction of sp³-hybridized carbons (Fsp3) is 0.667. The van der Waals surface area contributed by atoms with E-state index in [1.165, 1.54) is 0 Å². The van der Waals surface area contributed by atoms with E-state index in [1.807, 2.05) is 6.92 Å². The van der Waals surface area contributed by atoms with E-state index < -0.39 is 29.1 Å². The summed E-state index contributed by atoms with van der Waals surface area (Å²) in [6.45, 7) is 18.2. The quantitative estimate of drug-likeness (QED) is 0.0483. The molecular weight excluding hydrogens is 542 g/mol. The monoisotopic (exact) mass is 599 g/mol. The van der Waals surface area contributed by atoms with E-state index >= 15 is 0 Å². The molecule has 1 aromatic carbocycles. The number of carbonyl (C=O) groups is 3. The van der Waals surface area contributed by atoms with Crippen molar-refractivity contribution in [2.45, 2.75) is 150 Å². The maximum absolute atomic E-state index is 13.2. The second-order valence-corrected chi connectivity index (χ2v) is 11.1. The lowest BCUT2D eigenvalue weighted by molar-refractivity contribution is -0.138. The number of unbranched alkanes of at least 4 members (excludes halogenated alkanes) is 5. The molecule has 242 valence electrons. The van der Waals surface area contributed by atoms with Gasteiger partial charge in [0.25, 0.3) is 0 Å². The first kappa shape index (κ1) is 39.9. The number of ether oxygens (including phenoxy) is 3. The first-order valence-corrected chi connectivity index (χ1v) is 16.4. The predicted octanol–water partition coefficient (Wildman–Crippen LogP) is 9.69. The van der Waals surface area contributed by atoms with Gasteiger partial charge < -0.3 is 14.2 Å². The van der Waals surface area contributed by atoms with Gasteiger partial charge in [0.15, 0.2) is 0 Å². The molecule has 0 bridgehead atoms. The van der Waals surface area contributed by atoms with Crippen LogP contribution in [-0.2, 0) is 19.0 Å². The van der Waals surface area contributed by atoms with E-state index in [1.54, 1.807) is 30.3 Å². The molecule has 0 fully saturated rings. The minimum absolute atomic E-state index is 0.138. The Morgan fingerprint density at radius 1 is 0.698 bits per heavy atom. The van der Waals surface area contributed by atoms with E-state index in [0.717, 1.165) is 89.9 Å². The third-order valence-corrected chi connectivity index (χ3v) is 8.15. The number of hydrogen-bond acceptors (Lipinski definition) is 7. The zero-order valence-corrected chi connectivity index (χ0v) is 28.0. The van der Waals surface area contributed by atoms with Crippen LogP contribution < -0.4 is 0 Å². The standard InChI is InChI=1S/C28H46O4.C8H11NO2/c1-7-13-17-21-27(9-3,10-4)31-25(29)23-19-15-16-20-24(23)26(30)32-28(11-5,12-6)22-18-14-8-2;1-3-4-5-11-8(10)7(2)6-9/h15-16,19-20H,7-14,17-18,21-22H2,1-6H3;2-5H2,1H3. The number of nitrogens with zero attached hydrogens (tertiary/aromatic N) is 1. The molecule has 43 heavy (non-hydrogen) atoms. The lowest BCUT2D eigenvalue weighted by Crippen LogP contribution is -2.36. The maximum Gasteiger partial charge on any atom is 0.348 e. The minimum atomic E-state index is -0.610. The van der Waals surface area contributed by atoms with E-state index in [4.69, 9.17) is 14.7 Å². The zero-order valence-electron chi connectivity index (χ0n) is 28.0. The van der Waals surface area contributed by atoms with Crippen molar-refractivity contribution in [1.82, 2.24) is 0 Å². The van der Waals surface area contributed by atoms with Crippen LogP contribution in [0, 0.1) is 11.3 Å². The van der Waals surface area contributed by atoms with Gasteiger partial charge in [-0.1, -0.05) is 99.3 Å². The second-order valence-electron chi connectivity index (χ2n) is 11.1. The van der Waals surface area contributed by atoms with Crippen molar-refractivity contribution in [3.63, 3.8) is 0 Å². The van der Waals surface area contributed by atoms with Gasteiger partial charge in [0.05, 0.1) is 17.7 Å². The summed E-state index contributed by atoms with van der Waals surface area (Å²) in [6.07, 6.45) is 13.1. The maximum atomic E-state index is 13.2. The highest BCUT2D eigenvalue weighted by atomic mass is 16.6. The summed E-state index contributed by atoms with van der Waals surface area (Å²) in [4.78, 5) is 37.1. The van der Waals surface area contributed by atoms with Crippen molar-refractivity contribution in [3.05, 3.63) is 47.5 Å². The Morgan fingerprint density at radius 3 is 1.42 bits per heavy atom. The molecule has 0 amide bonds. The molecule has 0 heterocycles. The van der Waals surface area contributed by atoms with Crippen LogP contribution in [0.5, 0.6) is 0 Å². The van der Waals surface area contributed by atoms with E-state index in [2.05, 4.69) is 52.9 Å². The molecule has 0 aromatic heterocycles. The highest BCUT2D eigenvalue weighted by molar-refractivity contribution is 6.03. The van der Waals surface area contributed by atoms with Crippen LogP contribution >= 0.6 is 0 Å². The molecule has 0 aliphatic heterocycles. The second kappa shape index (κ2) is 22.4. The van der Waals surface area contributed by atoms with Crippen molar-refractivity contribution in [2.75, 3.05) is 6.61 Å². The van der Waals surface area contributed by atoms with Crippen LogP contribution in [0.4, 0.5) is 0 Å². The molecule has 0 aliphatic carbocycles. The van der Waals surface area contributed by atoms with Gasteiger partial charge >= 0.3 is 17.9 Å². The molecule has 0 aliphatic rings. The number of hydrogen-bond donors (Lipinski definition) is 0. The van der Waals surface area contributed by atoms with Crippen molar-refractivity contribution < 1.29 is 28.6 Å². The molecule has 0 saturated heterocycles. The Bertz CT molecular complexity index is 958. The normalized spacial score (nSPS) is 11.0.